The molecule has 0 saturated heterocycles. The van der Waals surface area contributed by atoms with E-state index in [9.17, 15) is 4.79 Å². The molecule has 0 bridgehead atoms. The highest BCUT2D eigenvalue weighted by atomic mass is 79.9. The molecule has 0 unspecified atom stereocenters. The van der Waals surface area contributed by atoms with E-state index in [4.69, 9.17) is 9.84 Å². The standard InChI is InChI=1S/C11H8BrNO3S/c1-16-8-3-2-6(12)4-7(8)10-9(11(14)15)13-5-17-10/h2-5H,1H3,(H,14,15). The van der Waals surface area contributed by atoms with E-state index in [2.05, 4.69) is 20.9 Å². The van der Waals surface area contributed by atoms with Crippen LogP contribution in [0.2, 0.25) is 0 Å². The van der Waals surface area contributed by atoms with Gasteiger partial charge in [0.15, 0.2) is 5.69 Å². The summed E-state index contributed by atoms with van der Waals surface area (Å²) in [5.41, 5.74) is 2.28. The molecule has 0 fully saturated rings. The normalized spacial score (nSPS) is 10.2. The van der Waals surface area contributed by atoms with Crippen LogP contribution in [0.3, 0.4) is 0 Å². The van der Waals surface area contributed by atoms with Gasteiger partial charge in [-0.3, -0.25) is 0 Å². The van der Waals surface area contributed by atoms with Gasteiger partial charge in [-0.15, -0.1) is 11.3 Å². The monoisotopic (exact) mass is 313 g/mol. The molecule has 1 heterocycles. The quantitative estimate of drug-likeness (QED) is 0.944. The minimum absolute atomic E-state index is 0.0476. The molecule has 0 radical (unpaired) electrons. The van der Waals surface area contributed by atoms with E-state index in [1.807, 2.05) is 12.1 Å². The molecule has 0 aliphatic heterocycles. The van der Waals surface area contributed by atoms with Gasteiger partial charge in [-0.1, -0.05) is 15.9 Å². The van der Waals surface area contributed by atoms with Gasteiger partial charge in [-0.2, -0.15) is 0 Å². The molecule has 17 heavy (non-hydrogen) atoms. The number of thiazole rings is 1. The van der Waals surface area contributed by atoms with Crippen LogP contribution in [0.4, 0.5) is 0 Å². The van der Waals surface area contributed by atoms with Crippen molar-refractivity contribution in [3.05, 3.63) is 33.9 Å². The topological polar surface area (TPSA) is 59.4 Å². The van der Waals surface area contributed by atoms with E-state index in [0.29, 0.717) is 10.6 Å². The van der Waals surface area contributed by atoms with Crippen LogP contribution in [0.25, 0.3) is 10.4 Å². The molecule has 2 aromatic rings. The Labute approximate surface area is 110 Å². The lowest BCUT2D eigenvalue weighted by Crippen LogP contribution is -1.99. The van der Waals surface area contributed by atoms with Crippen LogP contribution in [-0.2, 0) is 0 Å². The molecule has 0 saturated carbocycles. The number of halogens is 1. The van der Waals surface area contributed by atoms with Gasteiger partial charge in [0.05, 0.1) is 17.5 Å². The zero-order chi connectivity index (χ0) is 12.4. The number of carboxylic acids is 1. The number of nitrogens with zero attached hydrogens (tertiary/aromatic N) is 1. The fraction of sp³-hybridized carbons (Fsp3) is 0.0909. The van der Waals surface area contributed by atoms with Gasteiger partial charge < -0.3 is 9.84 Å². The molecule has 0 atom stereocenters. The number of rotatable bonds is 3. The zero-order valence-corrected chi connectivity index (χ0v) is 11.2. The number of carbonyl (C=O) groups is 1. The number of ether oxygens (including phenoxy) is 1. The van der Waals surface area contributed by atoms with E-state index < -0.39 is 5.97 Å². The Kier molecular flexibility index (Phi) is 3.44. The van der Waals surface area contributed by atoms with E-state index in [-0.39, 0.29) is 5.69 Å². The average Bonchev–Trinajstić information content (AvgIpc) is 2.77. The fourth-order valence-electron chi connectivity index (χ4n) is 1.45. The van der Waals surface area contributed by atoms with Crippen molar-refractivity contribution < 1.29 is 14.6 Å². The van der Waals surface area contributed by atoms with Gasteiger partial charge in [-0.25, -0.2) is 9.78 Å². The number of benzene rings is 1. The molecular formula is C11H8BrNO3S. The van der Waals surface area contributed by atoms with E-state index in [1.165, 1.54) is 16.8 Å². The summed E-state index contributed by atoms with van der Waals surface area (Å²) in [6.07, 6.45) is 0. The number of hydrogen-bond donors (Lipinski definition) is 1. The fourth-order valence-corrected chi connectivity index (χ4v) is 2.61. The summed E-state index contributed by atoms with van der Waals surface area (Å²) < 4.78 is 6.08. The molecule has 1 aromatic carbocycles. The highest BCUT2D eigenvalue weighted by molar-refractivity contribution is 9.10. The minimum atomic E-state index is -1.04. The molecule has 4 nitrogen and oxygen atoms in total. The van der Waals surface area contributed by atoms with Crippen LogP contribution in [0.15, 0.2) is 28.2 Å². The van der Waals surface area contributed by atoms with Crippen molar-refractivity contribution >= 4 is 33.2 Å². The Morgan fingerprint density at radius 2 is 2.29 bits per heavy atom. The molecule has 88 valence electrons. The number of aromatic carboxylic acids is 1. The smallest absolute Gasteiger partial charge is 0.356 e. The number of methoxy groups -OCH3 is 1. The van der Waals surface area contributed by atoms with Crippen LogP contribution in [0.1, 0.15) is 10.5 Å². The highest BCUT2D eigenvalue weighted by Gasteiger charge is 2.18. The molecule has 0 amide bonds. The van der Waals surface area contributed by atoms with Crippen molar-refractivity contribution in [3.63, 3.8) is 0 Å². The van der Waals surface area contributed by atoms with Crippen LogP contribution in [0, 0.1) is 0 Å². The molecular weight excluding hydrogens is 306 g/mol. The molecule has 1 N–H and O–H groups in total. The Hall–Kier alpha value is -1.40. The van der Waals surface area contributed by atoms with Crippen molar-refractivity contribution in [2.75, 3.05) is 7.11 Å². The van der Waals surface area contributed by atoms with Gasteiger partial charge >= 0.3 is 5.97 Å². The second-order valence-electron chi connectivity index (χ2n) is 3.18. The first-order valence-corrected chi connectivity index (χ1v) is 6.31. The lowest BCUT2D eigenvalue weighted by molar-refractivity contribution is 0.0692. The van der Waals surface area contributed by atoms with Crippen molar-refractivity contribution in [1.29, 1.82) is 0 Å². The van der Waals surface area contributed by atoms with E-state index in [0.717, 1.165) is 10.0 Å². The summed E-state index contributed by atoms with van der Waals surface area (Å²) in [5.74, 6) is -0.414. The molecule has 0 aliphatic carbocycles. The predicted molar refractivity (Wildman–Crippen MR) is 68.8 cm³/mol. The van der Waals surface area contributed by atoms with Crippen LogP contribution < -0.4 is 4.74 Å². The summed E-state index contributed by atoms with van der Waals surface area (Å²) in [6, 6.07) is 5.44. The summed E-state index contributed by atoms with van der Waals surface area (Å²) in [6.45, 7) is 0. The summed E-state index contributed by atoms with van der Waals surface area (Å²) >= 11 is 4.63. The summed E-state index contributed by atoms with van der Waals surface area (Å²) in [4.78, 5) is 15.5. The number of carboxylic acid groups (broad SMARTS) is 1. The van der Waals surface area contributed by atoms with Crippen LogP contribution in [-0.4, -0.2) is 23.2 Å². The summed E-state index contributed by atoms with van der Waals surface area (Å²) in [7, 11) is 1.55. The molecule has 0 spiro atoms. The maximum Gasteiger partial charge on any atom is 0.356 e. The van der Waals surface area contributed by atoms with Gasteiger partial charge in [0, 0.05) is 10.0 Å². The SMILES string of the molecule is COc1ccc(Br)cc1-c1scnc1C(=O)O. The van der Waals surface area contributed by atoms with Gasteiger partial charge in [0.25, 0.3) is 0 Å². The zero-order valence-electron chi connectivity index (χ0n) is 8.81. The molecule has 1 aromatic heterocycles. The highest BCUT2D eigenvalue weighted by Crippen LogP contribution is 2.36. The van der Waals surface area contributed by atoms with Crippen LogP contribution in [0.5, 0.6) is 5.75 Å². The first-order valence-electron chi connectivity index (χ1n) is 4.64. The molecule has 0 aliphatic rings. The lowest BCUT2D eigenvalue weighted by atomic mass is 10.1. The van der Waals surface area contributed by atoms with Crippen molar-refractivity contribution in [2.45, 2.75) is 0 Å². The Morgan fingerprint density at radius 1 is 1.53 bits per heavy atom. The Balaban J connectivity index is 2.63. The van der Waals surface area contributed by atoms with E-state index in [1.54, 1.807) is 13.2 Å². The molecule has 6 heteroatoms. The number of hydrogen-bond acceptors (Lipinski definition) is 4. The van der Waals surface area contributed by atoms with Crippen molar-refractivity contribution in [2.24, 2.45) is 0 Å². The average molecular weight is 314 g/mol. The maximum absolute atomic E-state index is 11.0. The van der Waals surface area contributed by atoms with Gasteiger partial charge in [0.1, 0.15) is 5.75 Å². The maximum atomic E-state index is 11.0. The van der Waals surface area contributed by atoms with Gasteiger partial charge in [0.2, 0.25) is 0 Å². The van der Waals surface area contributed by atoms with E-state index >= 15 is 0 Å². The first kappa shape index (κ1) is 12.1. The Morgan fingerprint density at radius 3 is 2.94 bits per heavy atom. The lowest BCUT2D eigenvalue weighted by Gasteiger charge is -2.07. The van der Waals surface area contributed by atoms with Crippen molar-refractivity contribution in [3.8, 4) is 16.2 Å². The third kappa shape index (κ3) is 2.32. The predicted octanol–water partition coefficient (Wildman–Crippen LogP) is 3.28. The second-order valence-corrected chi connectivity index (χ2v) is 4.95. The molecule has 2 rings (SSSR count). The Bertz CT molecular complexity index is 568. The van der Waals surface area contributed by atoms with Crippen LogP contribution >= 0.6 is 27.3 Å². The van der Waals surface area contributed by atoms with Gasteiger partial charge in [-0.05, 0) is 18.2 Å². The third-order valence-electron chi connectivity index (χ3n) is 2.18. The summed E-state index contributed by atoms with van der Waals surface area (Å²) in [5, 5.41) is 9.04. The van der Waals surface area contributed by atoms with Crippen molar-refractivity contribution in [1.82, 2.24) is 4.98 Å². The third-order valence-corrected chi connectivity index (χ3v) is 3.53. The second kappa shape index (κ2) is 4.85. The largest absolute Gasteiger partial charge is 0.496 e. The number of aromatic nitrogens is 1. The minimum Gasteiger partial charge on any atom is -0.496 e. The first-order chi connectivity index (χ1) is 8.13.